The van der Waals surface area contributed by atoms with E-state index >= 15 is 0 Å². The molecule has 0 saturated carbocycles. The normalized spacial score (nSPS) is 16.3. The van der Waals surface area contributed by atoms with Gasteiger partial charge >= 0.3 is 0 Å². The average molecular weight is 385 g/mol. The Balaban J connectivity index is 1.62. The summed E-state index contributed by atoms with van der Waals surface area (Å²) < 4.78 is 26.6. The van der Waals surface area contributed by atoms with E-state index in [0.29, 0.717) is 37.6 Å². The fourth-order valence-electron chi connectivity index (χ4n) is 2.61. The number of rotatable bonds is 4. The van der Waals surface area contributed by atoms with Gasteiger partial charge in [-0.1, -0.05) is 17.7 Å². The molecule has 1 aliphatic heterocycles. The minimum absolute atomic E-state index is 0.0426. The van der Waals surface area contributed by atoms with Gasteiger partial charge in [0.05, 0.1) is 11.3 Å². The van der Waals surface area contributed by atoms with Crippen molar-refractivity contribution >= 4 is 38.9 Å². The predicted octanol–water partition coefficient (Wildman–Crippen LogP) is 2.48. The summed E-state index contributed by atoms with van der Waals surface area (Å²) in [6.45, 7) is 1.44. The molecule has 2 aromatic rings. The molecule has 0 aliphatic carbocycles. The molecular weight excluding hydrogens is 368 g/mol. The van der Waals surface area contributed by atoms with Crippen LogP contribution in [0.3, 0.4) is 0 Å². The number of nitrogens with zero attached hydrogens (tertiary/aromatic N) is 2. The van der Waals surface area contributed by atoms with E-state index in [4.69, 9.17) is 11.6 Å². The quantitative estimate of drug-likeness (QED) is 0.813. The minimum Gasteiger partial charge on any atom is -0.340 e. The maximum Gasteiger partial charge on any atom is 0.243 e. The molecule has 0 spiro atoms. The van der Waals surface area contributed by atoms with Crippen molar-refractivity contribution in [2.75, 3.05) is 26.2 Å². The fraction of sp³-hybridized carbons (Fsp3) is 0.312. The van der Waals surface area contributed by atoms with Crippen LogP contribution in [0.25, 0.3) is 0 Å². The van der Waals surface area contributed by atoms with Gasteiger partial charge < -0.3 is 4.90 Å². The van der Waals surface area contributed by atoms with Gasteiger partial charge in [-0.25, -0.2) is 8.42 Å². The molecule has 0 radical (unpaired) electrons. The van der Waals surface area contributed by atoms with Crippen LogP contribution in [0.4, 0.5) is 0 Å². The van der Waals surface area contributed by atoms with Gasteiger partial charge in [-0.05, 0) is 35.7 Å². The van der Waals surface area contributed by atoms with Crippen molar-refractivity contribution in [2.45, 2.75) is 11.3 Å². The summed E-state index contributed by atoms with van der Waals surface area (Å²) in [5, 5.41) is 2.44. The van der Waals surface area contributed by atoms with Gasteiger partial charge in [0.25, 0.3) is 0 Å². The maximum absolute atomic E-state index is 12.6. The van der Waals surface area contributed by atoms with Crippen LogP contribution >= 0.6 is 22.9 Å². The molecular formula is C16H17ClN2O3S2. The Labute approximate surface area is 150 Å². The van der Waals surface area contributed by atoms with Crippen molar-refractivity contribution in [2.24, 2.45) is 0 Å². The Hall–Kier alpha value is -1.41. The number of hydrogen-bond donors (Lipinski definition) is 0. The predicted molar refractivity (Wildman–Crippen MR) is 94.8 cm³/mol. The second-order valence-electron chi connectivity index (χ2n) is 5.49. The lowest BCUT2D eigenvalue weighted by Crippen LogP contribution is -2.50. The Morgan fingerprint density at radius 3 is 2.33 bits per heavy atom. The molecule has 24 heavy (non-hydrogen) atoms. The molecule has 1 aliphatic rings. The van der Waals surface area contributed by atoms with Crippen LogP contribution in [0.15, 0.2) is 46.7 Å². The number of sulfonamides is 1. The molecule has 128 valence electrons. The molecule has 0 unspecified atom stereocenters. The first-order chi connectivity index (χ1) is 11.5. The summed E-state index contributed by atoms with van der Waals surface area (Å²) in [5.74, 6) is 0.0426. The Bertz CT molecular complexity index is 796. The molecule has 1 aromatic heterocycles. The van der Waals surface area contributed by atoms with Crippen LogP contribution in [0, 0.1) is 0 Å². The van der Waals surface area contributed by atoms with E-state index in [9.17, 15) is 13.2 Å². The first-order valence-electron chi connectivity index (χ1n) is 7.53. The van der Waals surface area contributed by atoms with Crippen molar-refractivity contribution < 1.29 is 13.2 Å². The molecule has 5 nitrogen and oxygen atoms in total. The second-order valence-corrected chi connectivity index (χ2v) is 8.90. The number of benzene rings is 1. The highest BCUT2D eigenvalue weighted by Crippen LogP contribution is 2.20. The Kier molecular flexibility index (Phi) is 5.24. The number of piperazine rings is 1. The van der Waals surface area contributed by atoms with Gasteiger partial charge in [0.15, 0.2) is 0 Å². The van der Waals surface area contributed by atoms with E-state index in [-0.39, 0.29) is 10.8 Å². The number of halogens is 1. The number of hydrogen-bond acceptors (Lipinski definition) is 4. The Morgan fingerprint density at radius 1 is 1.08 bits per heavy atom. The number of carbonyl (C=O) groups is 1. The molecule has 1 saturated heterocycles. The van der Waals surface area contributed by atoms with Crippen molar-refractivity contribution in [3.63, 3.8) is 0 Å². The summed E-state index contributed by atoms with van der Waals surface area (Å²) in [4.78, 5) is 15.3. The van der Waals surface area contributed by atoms with Crippen molar-refractivity contribution in [1.82, 2.24) is 9.21 Å². The van der Waals surface area contributed by atoms with Gasteiger partial charge in [-0.3, -0.25) is 4.79 Å². The average Bonchev–Trinajstić information content (AvgIpc) is 3.08. The molecule has 1 aromatic carbocycles. The monoisotopic (exact) mass is 384 g/mol. The summed E-state index contributed by atoms with van der Waals surface area (Å²) in [6, 6.07) is 10.00. The van der Waals surface area contributed by atoms with Crippen LogP contribution in [-0.4, -0.2) is 49.7 Å². The standard InChI is InChI=1S/C16H17ClN2O3S2/c17-13-3-5-15(6-4-13)24(21,22)19-9-7-18(8-10-19)16(20)12-14-2-1-11-23-14/h1-6,11H,7-10,12H2. The molecule has 3 rings (SSSR count). The lowest BCUT2D eigenvalue weighted by Gasteiger charge is -2.34. The topological polar surface area (TPSA) is 57.7 Å². The van der Waals surface area contributed by atoms with Crippen LogP contribution in [0.2, 0.25) is 5.02 Å². The van der Waals surface area contributed by atoms with Gasteiger partial charge in [0.1, 0.15) is 0 Å². The van der Waals surface area contributed by atoms with Gasteiger partial charge in [-0.15, -0.1) is 11.3 Å². The summed E-state index contributed by atoms with van der Waals surface area (Å²) in [7, 11) is -3.54. The largest absolute Gasteiger partial charge is 0.340 e. The molecule has 0 bridgehead atoms. The van der Waals surface area contributed by atoms with Gasteiger partial charge in [0, 0.05) is 36.1 Å². The number of thiophene rings is 1. The molecule has 1 amide bonds. The SMILES string of the molecule is O=C(Cc1cccs1)N1CCN(S(=O)(=O)c2ccc(Cl)cc2)CC1. The summed E-state index contributed by atoms with van der Waals surface area (Å²) in [6.07, 6.45) is 0.377. The van der Waals surface area contributed by atoms with Gasteiger partial charge in [-0.2, -0.15) is 4.31 Å². The zero-order valence-electron chi connectivity index (χ0n) is 12.9. The van der Waals surface area contributed by atoms with E-state index in [0.717, 1.165) is 4.88 Å². The van der Waals surface area contributed by atoms with Crippen LogP contribution in [-0.2, 0) is 21.2 Å². The zero-order valence-corrected chi connectivity index (χ0v) is 15.3. The number of amides is 1. The smallest absolute Gasteiger partial charge is 0.243 e. The summed E-state index contributed by atoms with van der Waals surface area (Å²) >= 11 is 7.36. The third-order valence-electron chi connectivity index (χ3n) is 3.95. The van der Waals surface area contributed by atoms with E-state index in [1.807, 2.05) is 17.5 Å². The lowest BCUT2D eigenvalue weighted by atomic mass is 10.3. The van der Waals surface area contributed by atoms with Crippen molar-refractivity contribution in [1.29, 1.82) is 0 Å². The van der Waals surface area contributed by atoms with E-state index in [2.05, 4.69) is 0 Å². The van der Waals surface area contributed by atoms with Crippen molar-refractivity contribution in [3.05, 3.63) is 51.7 Å². The summed E-state index contributed by atoms with van der Waals surface area (Å²) in [5.41, 5.74) is 0. The minimum atomic E-state index is -3.54. The van der Waals surface area contributed by atoms with E-state index in [1.54, 1.807) is 28.4 Å². The molecule has 0 atom stereocenters. The highest BCUT2D eigenvalue weighted by Gasteiger charge is 2.30. The van der Waals surface area contributed by atoms with Crippen LogP contribution in [0.5, 0.6) is 0 Å². The van der Waals surface area contributed by atoms with Crippen molar-refractivity contribution in [3.8, 4) is 0 Å². The maximum atomic E-state index is 12.6. The third-order valence-corrected chi connectivity index (χ3v) is 6.99. The molecule has 1 fully saturated rings. The van der Waals surface area contributed by atoms with E-state index in [1.165, 1.54) is 16.4 Å². The molecule has 0 N–H and O–H groups in total. The van der Waals surface area contributed by atoms with Crippen LogP contribution < -0.4 is 0 Å². The van der Waals surface area contributed by atoms with E-state index < -0.39 is 10.0 Å². The fourth-order valence-corrected chi connectivity index (χ4v) is 4.85. The molecule has 2 heterocycles. The third kappa shape index (κ3) is 3.80. The zero-order chi connectivity index (χ0) is 17.2. The Morgan fingerprint density at radius 2 is 1.75 bits per heavy atom. The van der Waals surface area contributed by atoms with Crippen LogP contribution in [0.1, 0.15) is 4.88 Å². The lowest BCUT2D eigenvalue weighted by molar-refractivity contribution is -0.131. The highest BCUT2D eigenvalue weighted by atomic mass is 35.5. The first kappa shape index (κ1) is 17.4. The second kappa shape index (κ2) is 7.23. The molecule has 8 heteroatoms. The highest BCUT2D eigenvalue weighted by molar-refractivity contribution is 7.89. The first-order valence-corrected chi connectivity index (χ1v) is 10.2. The van der Waals surface area contributed by atoms with Gasteiger partial charge in [0.2, 0.25) is 15.9 Å². The number of carbonyl (C=O) groups excluding carboxylic acids is 1.